The molecule has 0 radical (unpaired) electrons. The first-order valence-electron chi connectivity index (χ1n) is 10.9. The lowest BCUT2D eigenvalue weighted by atomic mass is 9.90. The number of pyridine rings is 1. The Bertz CT molecular complexity index is 1130. The fourth-order valence-electron chi connectivity index (χ4n) is 4.31. The van der Waals surface area contributed by atoms with Gasteiger partial charge in [0.2, 0.25) is 0 Å². The van der Waals surface area contributed by atoms with E-state index in [9.17, 15) is 18.0 Å². The SMILES string of the molecule is CCCn1cc(C(=O)N2CCC(c3noc4nc(CC)cc(C(F)(F)F)c34)CC2)c(C)n1. The normalized spacial score (nSPS) is 15.6. The van der Waals surface area contributed by atoms with Crippen molar-refractivity contribution in [3.05, 3.63) is 40.5 Å². The topological polar surface area (TPSA) is 77.0 Å². The zero-order chi connectivity index (χ0) is 23.0. The number of piperidine rings is 1. The Hall–Kier alpha value is -2.91. The standard InChI is InChI=1S/C22H26F3N5O2/c1-4-8-30-12-16(13(3)27-30)21(31)29-9-6-14(7-10-29)19-18-17(22(23,24)25)11-15(5-2)26-20(18)32-28-19/h11-12,14H,4-10H2,1-3H3. The summed E-state index contributed by atoms with van der Waals surface area (Å²) in [5.41, 5.74) is 1.01. The highest BCUT2D eigenvalue weighted by Gasteiger charge is 2.38. The number of rotatable bonds is 5. The fourth-order valence-corrected chi connectivity index (χ4v) is 4.31. The van der Waals surface area contributed by atoms with E-state index in [0.717, 1.165) is 19.0 Å². The van der Waals surface area contributed by atoms with Gasteiger partial charge in [-0.1, -0.05) is 19.0 Å². The molecular weight excluding hydrogens is 423 g/mol. The van der Waals surface area contributed by atoms with E-state index in [2.05, 4.69) is 15.2 Å². The maximum atomic E-state index is 13.8. The van der Waals surface area contributed by atoms with E-state index in [4.69, 9.17) is 4.52 Å². The molecule has 0 aromatic carbocycles. The molecule has 0 unspecified atom stereocenters. The number of carbonyl (C=O) groups is 1. The summed E-state index contributed by atoms with van der Waals surface area (Å²) in [6, 6.07) is 1.08. The molecule has 4 rings (SSSR count). The summed E-state index contributed by atoms with van der Waals surface area (Å²) in [6.45, 7) is 7.19. The van der Waals surface area contributed by atoms with Crippen LogP contribution in [0, 0.1) is 6.92 Å². The summed E-state index contributed by atoms with van der Waals surface area (Å²) >= 11 is 0. The number of alkyl halides is 3. The minimum atomic E-state index is -4.53. The van der Waals surface area contributed by atoms with Crippen molar-refractivity contribution < 1.29 is 22.5 Å². The number of aryl methyl sites for hydroxylation is 3. The van der Waals surface area contributed by atoms with Gasteiger partial charge in [-0.3, -0.25) is 9.48 Å². The smallest absolute Gasteiger partial charge is 0.338 e. The van der Waals surface area contributed by atoms with Crippen molar-refractivity contribution in [3.63, 3.8) is 0 Å². The van der Waals surface area contributed by atoms with Crippen LogP contribution in [0.25, 0.3) is 11.1 Å². The van der Waals surface area contributed by atoms with Crippen molar-refractivity contribution in [2.75, 3.05) is 13.1 Å². The number of nitrogens with zero attached hydrogens (tertiary/aromatic N) is 5. The van der Waals surface area contributed by atoms with Gasteiger partial charge in [0.05, 0.1) is 27.9 Å². The van der Waals surface area contributed by atoms with Gasteiger partial charge < -0.3 is 9.42 Å². The molecule has 172 valence electrons. The third-order valence-corrected chi connectivity index (χ3v) is 5.99. The Morgan fingerprint density at radius 2 is 1.97 bits per heavy atom. The van der Waals surface area contributed by atoms with Gasteiger partial charge in [-0.25, -0.2) is 4.98 Å². The molecule has 32 heavy (non-hydrogen) atoms. The van der Waals surface area contributed by atoms with Gasteiger partial charge in [0.1, 0.15) is 0 Å². The first kappa shape index (κ1) is 22.3. The second-order valence-corrected chi connectivity index (χ2v) is 8.22. The summed E-state index contributed by atoms with van der Waals surface area (Å²) in [6.07, 6.45) is -0.474. The molecular formula is C22H26F3N5O2. The van der Waals surface area contributed by atoms with Crippen LogP contribution in [-0.4, -0.2) is 43.8 Å². The van der Waals surface area contributed by atoms with Gasteiger partial charge in [0.15, 0.2) is 0 Å². The number of amides is 1. The summed E-state index contributed by atoms with van der Waals surface area (Å²) in [4.78, 5) is 18.9. The molecule has 0 spiro atoms. The van der Waals surface area contributed by atoms with Gasteiger partial charge in [-0.05, 0) is 38.7 Å². The van der Waals surface area contributed by atoms with E-state index in [1.54, 1.807) is 22.7 Å². The lowest BCUT2D eigenvalue weighted by Gasteiger charge is -2.31. The van der Waals surface area contributed by atoms with Crippen LogP contribution in [0.3, 0.4) is 0 Å². The molecule has 4 heterocycles. The first-order valence-corrected chi connectivity index (χ1v) is 10.9. The van der Waals surface area contributed by atoms with Gasteiger partial charge in [0.25, 0.3) is 11.6 Å². The summed E-state index contributed by atoms with van der Waals surface area (Å²) in [7, 11) is 0. The molecule has 0 atom stereocenters. The van der Waals surface area contributed by atoms with E-state index >= 15 is 0 Å². The van der Waals surface area contributed by atoms with Crippen LogP contribution in [0.1, 0.15) is 72.0 Å². The summed E-state index contributed by atoms with van der Waals surface area (Å²) in [5.74, 6) is -0.335. The third kappa shape index (κ3) is 4.10. The molecule has 0 bridgehead atoms. The highest BCUT2D eigenvalue weighted by Crippen LogP contribution is 2.40. The largest absolute Gasteiger partial charge is 0.417 e. The number of fused-ring (bicyclic) bond motifs is 1. The van der Waals surface area contributed by atoms with Gasteiger partial charge in [-0.15, -0.1) is 0 Å². The van der Waals surface area contributed by atoms with Crippen LogP contribution in [-0.2, 0) is 19.1 Å². The van der Waals surface area contributed by atoms with Gasteiger partial charge >= 0.3 is 6.18 Å². The Morgan fingerprint density at radius 1 is 1.25 bits per heavy atom. The van der Waals surface area contributed by atoms with Crippen LogP contribution in [0.4, 0.5) is 13.2 Å². The molecule has 7 nitrogen and oxygen atoms in total. The predicted molar refractivity (Wildman–Crippen MR) is 111 cm³/mol. The summed E-state index contributed by atoms with van der Waals surface area (Å²) < 4.78 is 48.2. The monoisotopic (exact) mass is 449 g/mol. The lowest BCUT2D eigenvalue weighted by molar-refractivity contribution is -0.136. The molecule has 1 fully saturated rings. The van der Waals surface area contributed by atoms with Crippen LogP contribution in [0.15, 0.2) is 16.8 Å². The molecule has 0 saturated carbocycles. The Morgan fingerprint density at radius 3 is 2.59 bits per heavy atom. The third-order valence-electron chi connectivity index (χ3n) is 5.99. The van der Waals surface area contributed by atoms with Crippen molar-refractivity contribution in [2.45, 2.75) is 65.1 Å². The minimum Gasteiger partial charge on any atom is -0.338 e. The van der Waals surface area contributed by atoms with Crippen LogP contribution < -0.4 is 0 Å². The number of hydrogen-bond acceptors (Lipinski definition) is 5. The lowest BCUT2D eigenvalue weighted by Crippen LogP contribution is -2.38. The first-order chi connectivity index (χ1) is 15.2. The van der Waals surface area contributed by atoms with Gasteiger partial charge in [0, 0.05) is 37.4 Å². The molecule has 1 amide bonds. The quantitative estimate of drug-likeness (QED) is 0.562. The van der Waals surface area contributed by atoms with Crippen LogP contribution >= 0.6 is 0 Å². The van der Waals surface area contributed by atoms with Crippen molar-refractivity contribution in [1.29, 1.82) is 0 Å². The van der Waals surface area contributed by atoms with E-state index in [0.29, 0.717) is 49.3 Å². The molecule has 1 saturated heterocycles. The summed E-state index contributed by atoms with van der Waals surface area (Å²) in [5, 5.41) is 8.31. The highest BCUT2D eigenvalue weighted by atomic mass is 19.4. The van der Waals surface area contributed by atoms with Crippen molar-refractivity contribution in [2.24, 2.45) is 0 Å². The van der Waals surface area contributed by atoms with E-state index < -0.39 is 11.7 Å². The van der Waals surface area contributed by atoms with E-state index in [1.807, 2.05) is 13.8 Å². The Labute approximate surface area is 183 Å². The maximum absolute atomic E-state index is 13.8. The molecule has 10 heteroatoms. The molecule has 3 aromatic rings. The molecule has 1 aliphatic heterocycles. The maximum Gasteiger partial charge on any atom is 0.417 e. The Balaban J connectivity index is 1.55. The second kappa shape index (κ2) is 8.55. The zero-order valence-electron chi connectivity index (χ0n) is 18.4. The van der Waals surface area contributed by atoms with Crippen molar-refractivity contribution in [1.82, 2.24) is 24.8 Å². The molecule has 0 N–H and O–H groups in total. The van der Waals surface area contributed by atoms with Crippen LogP contribution in [0.5, 0.6) is 0 Å². The number of aromatic nitrogens is 4. The number of halogens is 3. The van der Waals surface area contributed by atoms with Gasteiger partial charge in [-0.2, -0.15) is 18.3 Å². The van der Waals surface area contributed by atoms with Crippen LogP contribution in [0.2, 0.25) is 0 Å². The fraction of sp³-hybridized carbons (Fsp3) is 0.545. The van der Waals surface area contributed by atoms with E-state index in [1.165, 1.54) is 0 Å². The average Bonchev–Trinajstić information content (AvgIpc) is 3.35. The number of hydrogen-bond donors (Lipinski definition) is 0. The molecule has 1 aliphatic rings. The second-order valence-electron chi connectivity index (χ2n) is 8.22. The van der Waals surface area contributed by atoms with Crippen molar-refractivity contribution in [3.8, 4) is 0 Å². The number of carbonyl (C=O) groups excluding carboxylic acids is 1. The Kier molecular flexibility index (Phi) is 5.96. The highest BCUT2D eigenvalue weighted by molar-refractivity contribution is 5.95. The van der Waals surface area contributed by atoms with Crippen molar-refractivity contribution >= 4 is 17.0 Å². The molecule has 3 aromatic heterocycles. The average molecular weight is 449 g/mol. The predicted octanol–water partition coefficient (Wildman–Crippen LogP) is 4.74. The van der Waals surface area contributed by atoms with E-state index in [-0.39, 0.29) is 28.6 Å². The zero-order valence-corrected chi connectivity index (χ0v) is 18.4. The number of likely N-dealkylation sites (tertiary alicyclic amines) is 1. The molecule has 0 aliphatic carbocycles. The minimum absolute atomic E-state index is 0.0591.